The lowest BCUT2D eigenvalue weighted by Crippen LogP contribution is -2.30. The molecule has 0 N–H and O–H groups in total. The average molecular weight is 289 g/mol. The number of amides is 1. The number of carbonyl (C=O) groups excluding carboxylic acids is 1. The molecule has 112 valence electrons. The molecule has 7 nitrogen and oxygen atoms in total. The molecule has 1 atom stereocenters. The Hall–Kier alpha value is -2.02. The van der Waals surface area contributed by atoms with E-state index < -0.39 is 0 Å². The second-order valence-corrected chi connectivity index (χ2v) is 5.28. The number of aromatic nitrogens is 4. The molecular formula is C14H19N5O2. The number of likely N-dealkylation sites (tertiary alicyclic amines) is 1. The monoisotopic (exact) mass is 289 g/mol. The van der Waals surface area contributed by atoms with Crippen molar-refractivity contribution in [3.63, 3.8) is 0 Å². The summed E-state index contributed by atoms with van der Waals surface area (Å²) in [4.78, 5) is 22.5. The van der Waals surface area contributed by atoms with Crippen LogP contribution < -0.4 is 0 Å². The summed E-state index contributed by atoms with van der Waals surface area (Å²) in [5, 5.41) is 4.18. The van der Waals surface area contributed by atoms with Crippen LogP contribution in [0.25, 0.3) is 5.78 Å². The molecule has 2 aromatic heterocycles. The summed E-state index contributed by atoms with van der Waals surface area (Å²) in [6, 6.07) is 1.76. The van der Waals surface area contributed by atoms with Crippen LogP contribution in [0.4, 0.5) is 0 Å². The van der Waals surface area contributed by atoms with E-state index in [1.54, 1.807) is 23.4 Å². The largest absolute Gasteiger partial charge is 0.381 e. The van der Waals surface area contributed by atoms with E-state index in [1.807, 2.05) is 0 Å². The Morgan fingerprint density at radius 2 is 2.43 bits per heavy atom. The number of ether oxygens (including phenoxy) is 1. The molecule has 3 rings (SSSR count). The van der Waals surface area contributed by atoms with Crippen LogP contribution >= 0.6 is 0 Å². The third-order valence-electron chi connectivity index (χ3n) is 3.58. The second kappa shape index (κ2) is 6.17. The fraction of sp³-hybridized carbons (Fsp3) is 0.571. The Morgan fingerprint density at radius 3 is 3.24 bits per heavy atom. The number of rotatable bonds is 5. The first kappa shape index (κ1) is 13.9. The highest BCUT2D eigenvalue weighted by atomic mass is 16.5. The Kier molecular flexibility index (Phi) is 4.10. The molecular weight excluding hydrogens is 270 g/mol. The molecule has 2 aromatic rings. The van der Waals surface area contributed by atoms with Crippen LogP contribution in [0.15, 0.2) is 18.5 Å². The van der Waals surface area contributed by atoms with Crippen molar-refractivity contribution >= 4 is 11.7 Å². The quantitative estimate of drug-likeness (QED) is 0.768. The van der Waals surface area contributed by atoms with Crippen molar-refractivity contribution in [2.24, 2.45) is 5.92 Å². The minimum absolute atomic E-state index is 0.126. The Labute approximate surface area is 122 Å². The van der Waals surface area contributed by atoms with Crippen molar-refractivity contribution in [2.75, 3.05) is 26.3 Å². The van der Waals surface area contributed by atoms with Gasteiger partial charge in [0, 0.05) is 38.0 Å². The summed E-state index contributed by atoms with van der Waals surface area (Å²) in [5.41, 5.74) is 0. The van der Waals surface area contributed by atoms with Gasteiger partial charge in [-0.3, -0.25) is 4.79 Å². The van der Waals surface area contributed by atoms with E-state index in [2.05, 4.69) is 22.0 Å². The number of nitrogens with zero attached hydrogens (tertiary/aromatic N) is 5. The van der Waals surface area contributed by atoms with Crippen molar-refractivity contribution in [2.45, 2.75) is 19.8 Å². The van der Waals surface area contributed by atoms with Crippen molar-refractivity contribution in [3.8, 4) is 0 Å². The smallest absolute Gasteiger partial charge is 0.293 e. The zero-order valence-electron chi connectivity index (χ0n) is 12.1. The van der Waals surface area contributed by atoms with Gasteiger partial charge in [0.25, 0.3) is 11.7 Å². The van der Waals surface area contributed by atoms with Gasteiger partial charge in [-0.1, -0.05) is 6.92 Å². The standard InChI is InChI=1S/C14H19N5O2/c1-2-8-21-10-11-4-7-18(9-11)13(20)12-16-14-15-5-3-6-19(14)17-12/h3,5-6,11H,2,4,7-10H2,1H3. The molecule has 0 aromatic carbocycles. The maximum absolute atomic E-state index is 12.4. The highest BCUT2D eigenvalue weighted by Gasteiger charge is 2.29. The summed E-state index contributed by atoms with van der Waals surface area (Å²) in [5.74, 6) is 0.945. The molecule has 1 amide bonds. The zero-order chi connectivity index (χ0) is 14.7. The summed E-state index contributed by atoms with van der Waals surface area (Å²) in [6.45, 7) is 5.04. The van der Waals surface area contributed by atoms with Crippen LogP contribution in [0.5, 0.6) is 0 Å². The summed E-state index contributed by atoms with van der Waals surface area (Å²) in [6.07, 6.45) is 5.36. The predicted octanol–water partition coefficient (Wildman–Crippen LogP) is 1.01. The van der Waals surface area contributed by atoms with Crippen LogP contribution in [0.3, 0.4) is 0 Å². The Morgan fingerprint density at radius 1 is 1.52 bits per heavy atom. The van der Waals surface area contributed by atoms with Gasteiger partial charge in [0.1, 0.15) is 0 Å². The highest BCUT2D eigenvalue weighted by Crippen LogP contribution is 2.18. The van der Waals surface area contributed by atoms with Crippen molar-refractivity contribution in [1.82, 2.24) is 24.5 Å². The first-order chi connectivity index (χ1) is 10.3. The Balaban J connectivity index is 1.63. The molecule has 0 bridgehead atoms. The van der Waals surface area contributed by atoms with Crippen LogP contribution in [0.1, 0.15) is 30.4 Å². The lowest BCUT2D eigenvalue weighted by atomic mass is 10.1. The minimum atomic E-state index is -0.126. The fourth-order valence-corrected chi connectivity index (χ4v) is 2.51. The summed E-state index contributed by atoms with van der Waals surface area (Å²) < 4.78 is 7.08. The SMILES string of the molecule is CCCOCC1CCN(C(=O)c2nc3ncccn3n2)C1. The maximum atomic E-state index is 12.4. The maximum Gasteiger partial charge on any atom is 0.293 e. The van der Waals surface area contributed by atoms with Gasteiger partial charge in [0.15, 0.2) is 0 Å². The van der Waals surface area contributed by atoms with Gasteiger partial charge in [-0.15, -0.1) is 5.10 Å². The van der Waals surface area contributed by atoms with Crippen molar-refractivity contribution < 1.29 is 9.53 Å². The third kappa shape index (κ3) is 3.02. The summed E-state index contributed by atoms with van der Waals surface area (Å²) >= 11 is 0. The van der Waals surface area contributed by atoms with E-state index in [0.29, 0.717) is 18.2 Å². The van der Waals surface area contributed by atoms with Gasteiger partial charge in [-0.05, 0) is 18.9 Å². The van der Waals surface area contributed by atoms with E-state index >= 15 is 0 Å². The Bertz CT molecular complexity index is 594. The second-order valence-electron chi connectivity index (χ2n) is 5.28. The molecule has 1 unspecified atom stereocenters. The normalized spacial score (nSPS) is 18.5. The molecule has 0 radical (unpaired) electrons. The van der Waals surface area contributed by atoms with Gasteiger partial charge in [0.2, 0.25) is 5.82 Å². The van der Waals surface area contributed by atoms with Gasteiger partial charge in [0.05, 0.1) is 6.61 Å². The lowest BCUT2D eigenvalue weighted by molar-refractivity contribution is 0.0743. The molecule has 1 aliphatic heterocycles. The lowest BCUT2D eigenvalue weighted by Gasteiger charge is -2.14. The molecule has 1 fully saturated rings. The molecule has 1 aliphatic rings. The number of fused-ring (bicyclic) bond motifs is 1. The average Bonchev–Trinajstić information content (AvgIpc) is 3.13. The third-order valence-corrected chi connectivity index (χ3v) is 3.58. The first-order valence-corrected chi connectivity index (χ1v) is 7.32. The van der Waals surface area contributed by atoms with Gasteiger partial charge in [-0.2, -0.15) is 4.98 Å². The van der Waals surface area contributed by atoms with Crippen LogP contribution in [-0.4, -0.2) is 56.7 Å². The number of hydrogen-bond acceptors (Lipinski definition) is 5. The van der Waals surface area contributed by atoms with Crippen LogP contribution in [-0.2, 0) is 4.74 Å². The van der Waals surface area contributed by atoms with E-state index in [-0.39, 0.29) is 11.7 Å². The molecule has 0 spiro atoms. The molecule has 0 aliphatic carbocycles. The summed E-state index contributed by atoms with van der Waals surface area (Å²) in [7, 11) is 0. The van der Waals surface area contributed by atoms with E-state index in [4.69, 9.17) is 4.74 Å². The number of hydrogen-bond donors (Lipinski definition) is 0. The number of carbonyl (C=O) groups is 1. The topological polar surface area (TPSA) is 72.6 Å². The highest BCUT2D eigenvalue weighted by molar-refractivity contribution is 5.91. The van der Waals surface area contributed by atoms with Crippen LogP contribution in [0.2, 0.25) is 0 Å². The minimum Gasteiger partial charge on any atom is -0.381 e. The van der Waals surface area contributed by atoms with Crippen molar-refractivity contribution in [3.05, 3.63) is 24.3 Å². The van der Waals surface area contributed by atoms with E-state index in [0.717, 1.165) is 32.6 Å². The van der Waals surface area contributed by atoms with Gasteiger partial charge < -0.3 is 9.64 Å². The zero-order valence-corrected chi connectivity index (χ0v) is 12.1. The fourth-order valence-electron chi connectivity index (χ4n) is 2.51. The van der Waals surface area contributed by atoms with E-state index in [1.165, 1.54) is 4.52 Å². The molecule has 3 heterocycles. The predicted molar refractivity (Wildman–Crippen MR) is 75.9 cm³/mol. The van der Waals surface area contributed by atoms with Crippen molar-refractivity contribution in [1.29, 1.82) is 0 Å². The first-order valence-electron chi connectivity index (χ1n) is 7.32. The molecule has 1 saturated heterocycles. The molecule has 21 heavy (non-hydrogen) atoms. The van der Waals surface area contributed by atoms with E-state index in [9.17, 15) is 4.79 Å². The van der Waals surface area contributed by atoms with Crippen LogP contribution in [0, 0.1) is 5.92 Å². The van der Waals surface area contributed by atoms with Gasteiger partial charge in [-0.25, -0.2) is 9.50 Å². The van der Waals surface area contributed by atoms with Gasteiger partial charge >= 0.3 is 0 Å². The molecule has 0 saturated carbocycles. The molecule has 7 heteroatoms.